The van der Waals surface area contributed by atoms with Crippen LogP contribution in [-0.2, 0) is 11.3 Å². The molecule has 31 heavy (non-hydrogen) atoms. The number of thioether (sulfide) groups is 1. The largest absolute Gasteiger partial charge is 0.467 e. The summed E-state index contributed by atoms with van der Waals surface area (Å²) in [5.41, 5.74) is 0.610. The van der Waals surface area contributed by atoms with Gasteiger partial charge in [-0.25, -0.2) is 4.98 Å². The third kappa shape index (κ3) is 5.07. The monoisotopic (exact) mass is 493 g/mol. The van der Waals surface area contributed by atoms with E-state index in [-0.39, 0.29) is 23.8 Å². The summed E-state index contributed by atoms with van der Waals surface area (Å²) in [5, 5.41) is 4.80. The lowest BCUT2D eigenvalue weighted by atomic mass is 10.2. The zero-order valence-corrected chi connectivity index (χ0v) is 18.9. The highest BCUT2D eigenvalue weighted by Gasteiger charge is 2.16. The van der Waals surface area contributed by atoms with Crippen LogP contribution in [0.1, 0.15) is 5.76 Å². The number of furan rings is 1. The van der Waals surface area contributed by atoms with E-state index in [1.807, 2.05) is 0 Å². The lowest BCUT2D eigenvalue weighted by Gasteiger charge is -2.13. The lowest BCUT2D eigenvalue weighted by Crippen LogP contribution is -2.24. The Hall–Kier alpha value is -2.45. The van der Waals surface area contributed by atoms with Crippen molar-refractivity contribution >= 4 is 69.1 Å². The van der Waals surface area contributed by atoms with Gasteiger partial charge < -0.3 is 9.73 Å². The van der Waals surface area contributed by atoms with Crippen molar-refractivity contribution in [1.82, 2.24) is 9.55 Å². The molecule has 0 atom stereocenters. The van der Waals surface area contributed by atoms with Gasteiger partial charge in [-0.1, -0.05) is 46.6 Å². The molecule has 6 nitrogen and oxygen atoms in total. The predicted molar refractivity (Wildman–Crippen MR) is 125 cm³/mol. The summed E-state index contributed by atoms with van der Waals surface area (Å²) in [6, 6.07) is 13.2. The zero-order chi connectivity index (χ0) is 22.0. The normalized spacial score (nSPS) is 11.1. The number of nitrogens with one attached hydrogen (secondary N) is 1. The van der Waals surface area contributed by atoms with Gasteiger partial charge in [0.2, 0.25) is 5.91 Å². The van der Waals surface area contributed by atoms with Crippen LogP contribution in [0, 0.1) is 0 Å². The number of hydrogen-bond acceptors (Lipinski definition) is 5. The quantitative estimate of drug-likeness (QED) is 0.274. The molecule has 0 aliphatic carbocycles. The Morgan fingerprint density at radius 1 is 1.10 bits per heavy atom. The molecule has 4 rings (SSSR count). The fourth-order valence-electron chi connectivity index (χ4n) is 2.89. The first kappa shape index (κ1) is 21.8. The predicted octanol–water partition coefficient (Wildman–Crippen LogP) is 5.73. The third-order valence-corrected chi connectivity index (χ3v) is 6.09. The number of benzene rings is 2. The fraction of sp³-hybridized carbons (Fsp3) is 0.0952. The Labute approximate surface area is 196 Å². The van der Waals surface area contributed by atoms with Crippen molar-refractivity contribution in [3.8, 4) is 0 Å². The summed E-state index contributed by atoms with van der Waals surface area (Å²) >= 11 is 19.3. The number of fused-ring (bicyclic) bond motifs is 1. The average Bonchev–Trinajstić information content (AvgIpc) is 3.24. The Morgan fingerprint density at radius 3 is 2.65 bits per heavy atom. The summed E-state index contributed by atoms with van der Waals surface area (Å²) in [5.74, 6) is 0.271. The minimum atomic E-state index is -0.320. The van der Waals surface area contributed by atoms with Gasteiger partial charge in [-0.05, 0) is 48.5 Å². The van der Waals surface area contributed by atoms with Gasteiger partial charge in [0.15, 0.2) is 5.16 Å². The highest BCUT2D eigenvalue weighted by Crippen LogP contribution is 2.26. The van der Waals surface area contributed by atoms with E-state index < -0.39 is 0 Å². The Balaban J connectivity index is 1.62. The molecule has 1 amide bonds. The van der Waals surface area contributed by atoms with Crippen LogP contribution in [-0.4, -0.2) is 21.2 Å². The van der Waals surface area contributed by atoms with E-state index >= 15 is 0 Å². The molecule has 10 heteroatoms. The van der Waals surface area contributed by atoms with Gasteiger partial charge in [-0.2, -0.15) is 0 Å². The molecule has 0 radical (unpaired) electrons. The summed E-state index contributed by atoms with van der Waals surface area (Å²) in [7, 11) is 0. The number of halogens is 3. The molecule has 0 bridgehead atoms. The van der Waals surface area contributed by atoms with Crippen LogP contribution in [0.2, 0.25) is 15.1 Å². The number of rotatable bonds is 6. The molecular weight excluding hydrogens is 481 g/mol. The number of anilines is 1. The second kappa shape index (κ2) is 9.36. The molecule has 0 aliphatic heterocycles. The molecule has 0 spiro atoms. The van der Waals surface area contributed by atoms with Crippen LogP contribution in [0.5, 0.6) is 0 Å². The molecule has 0 saturated carbocycles. The van der Waals surface area contributed by atoms with Crippen LogP contribution in [0.4, 0.5) is 5.69 Å². The molecule has 4 aromatic rings. The van der Waals surface area contributed by atoms with Crippen LogP contribution in [0.3, 0.4) is 0 Å². The Kier molecular flexibility index (Phi) is 6.57. The smallest absolute Gasteiger partial charge is 0.262 e. The van der Waals surface area contributed by atoms with E-state index in [0.717, 1.165) is 11.8 Å². The molecule has 0 aliphatic rings. The zero-order valence-electron chi connectivity index (χ0n) is 15.8. The number of hydrogen-bond donors (Lipinski definition) is 1. The first-order chi connectivity index (χ1) is 14.9. The second-order valence-corrected chi connectivity index (χ2v) is 8.71. The average molecular weight is 495 g/mol. The van der Waals surface area contributed by atoms with E-state index in [1.165, 1.54) is 10.8 Å². The third-order valence-electron chi connectivity index (χ3n) is 4.31. The molecule has 158 valence electrons. The maximum atomic E-state index is 13.1. The molecule has 2 heterocycles. The standard InChI is InChI=1S/C21H14Cl3N3O3S/c22-12-3-5-15-17(8-12)26-21(27(20(15)29)10-14-2-1-7-30-14)31-11-19(28)25-18-9-13(23)4-6-16(18)24/h1-9H,10-11H2,(H,25,28). The van der Waals surface area contributed by atoms with Gasteiger partial charge in [0.25, 0.3) is 5.56 Å². The Morgan fingerprint density at radius 2 is 1.87 bits per heavy atom. The van der Waals surface area contributed by atoms with E-state index in [4.69, 9.17) is 39.2 Å². The van der Waals surface area contributed by atoms with Gasteiger partial charge in [0.05, 0.1) is 40.2 Å². The second-order valence-electron chi connectivity index (χ2n) is 6.49. The van der Waals surface area contributed by atoms with Gasteiger partial charge >= 0.3 is 0 Å². The van der Waals surface area contributed by atoms with Crippen LogP contribution in [0.25, 0.3) is 10.9 Å². The SMILES string of the molecule is O=C(CSc1nc2cc(Cl)ccc2c(=O)n1Cc1ccco1)Nc1cc(Cl)ccc1Cl. The van der Waals surface area contributed by atoms with Crippen molar-refractivity contribution in [3.05, 3.63) is 86.0 Å². The maximum absolute atomic E-state index is 13.1. The summed E-state index contributed by atoms with van der Waals surface area (Å²) in [4.78, 5) is 30.1. The number of aromatic nitrogens is 2. The highest BCUT2D eigenvalue weighted by atomic mass is 35.5. The minimum Gasteiger partial charge on any atom is -0.467 e. The molecule has 0 saturated heterocycles. The van der Waals surface area contributed by atoms with Gasteiger partial charge in [0, 0.05) is 10.0 Å². The molecule has 1 N–H and O–H groups in total. The number of carbonyl (C=O) groups is 1. The topological polar surface area (TPSA) is 77.1 Å². The van der Waals surface area contributed by atoms with Crippen LogP contribution in [0.15, 0.2) is 69.2 Å². The van der Waals surface area contributed by atoms with Crippen molar-refractivity contribution in [2.24, 2.45) is 0 Å². The summed E-state index contributed by atoms with van der Waals surface area (Å²) in [6.07, 6.45) is 1.53. The summed E-state index contributed by atoms with van der Waals surface area (Å²) < 4.78 is 6.85. The van der Waals surface area contributed by atoms with Gasteiger partial charge in [-0.3, -0.25) is 14.2 Å². The fourth-order valence-corrected chi connectivity index (χ4v) is 4.19. The van der Waals surface area contributed by atoms with Gasteiger partial charge in [-0.15, -0.1) is 0 Å². The maximum Gasteiger partial charge on any atom is 0.262 e. The van der Waals surface area contributed by atoms with Crippen molar-refractivity contribution < 1.29 is 9.21 Å². The van der Waals surface area contributed by atoms with Crippen molar-refractivity contribution in [2.45, 2.75) is 11.7 Å². The molecule has 2 aromatic heterocycles. The van der Waals surface area contributed by atoms with E-state index in [1.54, 1.807) is 48.5 Å². The van der Waals surface area contributed by atoms with Crippen molar-refractivity contribution in [2.75, 3.05) is 11.1 Å². The van der Waals surface area contributed by atoms with Crippen molar-refractivity contribution in [3.63, 3.8) is 0 Å². The number of nitrogens with zero attached hydrogens (tertiary/aromatic N) is 2. The molecule has 0 fully saturated rings. The van der Waals surface area contributed by atoms with Gasteiger partial charge in [0.1, 0.15) is 5.76 Å². The number of carbonyl (C=O) groups excluding carboxylic acids is 1. The molecule has 0 unspecified atom stereocenters. The molecule has 2 aromatic carbocycles. The summed E-state index contributed by atoms with van der Waals surface area (Å²) in [6.45, 7) is 0.182. The number of amides is 1. The minimum absolute atomic E-state index is 0.000487. The lowest BCUT2D eigenvalue weighted by molar-refractivity contribution is -0.113. The molecular formula is C21H14Cl3N3O3S. The first-order valence-electron chi connectivity index (χ1n) is 9.01. The first-order valence-corrected chi connectivity index (χ1v) is 11.1. The van der Waals surface area contributed by atoms with E-state index in [0.29, 0.717) is 42.6 Å². The van der Waals surface area contributed by atoms with E-state index in [2.05, 4.69) is 10.3 Å². The van der Waals surface area contributed by atoms with Crippen LogP contribution >= 0.6 is 46.6 Å². The Bertz CT molecular complexity index is 1320. The van der Waals surface area contributed by atoms with Crippen LogP contribution < -0.4 is 10.9 Å². The highest BCUT2D eigenvalue weighted by molar-refractivity contribution is 7.99. The van der Waals surface area contributed by atoms with Crippen molar-refractivity contribution in [1.29, 1.82) is 0 Å². The van der Waals surface area contributed by atoms with E-state index in [9.17, 15) is 9.59 Å².